The van der Waals surface area contributed by atoms with Gasteiger partial charge >= 0.3 is 6.09 Å². The van der Waals surface area contributed by atoms with Gasteiger partial charge in [0.25, 0.3) is 0 Å². The van der Waals surface area contributed by atoms with Crippen molar-refractivity contribution in [2.45, 2.75) is 103 Å². The Kier molecular flexibility index (Phi) is 7.96. The maximum atomic E-state index is 12.7. The highest BCUT2D eigenvalue weighted by Crippen LogP contribution is 2.38. The molecule has 0 aromatic rings. The van der Waals surface area contributed by atoms with Crippen LogP contribution < -0.4 is 0 Å². The minimum absolute atomic E-state index is 0.0338. The molecule has 1 amide bonds. The van der Waals surface area contributed by atoms with Crippen molar-refractivity contribution in [2.75, 3.05) is 13.2 Å². The standard InChI is InChI=1S/C20H41NO5Si/c1-14(26-27(8,9)20(5,6)7)17(23)16-12-15(13-22)10-11-21(16)18(24)25-19(2,3)4/h14-17,22-23H,10-13H2,1-9H3. The van der Waals surface area contributed by atoms with Crippen molar-refractivity contribution in [2.24, 2.45) is 5.92 Å². The fraction of sp³-hybridized carbons (Fsp3) is 0.950. The van der Waals surface area contributed by atoms with Crippen LogP contribution in [-0.2, 0) is 9.16 Å². The van der Waals surface area contributed by atoms with E-state index in [2.05, 4.69) is 33.9 Å². The number of hydrogen-bond acceptors (Lipinski definition) is 5. The summed E-state index contributed by atoms with van der Waals surface area (Å²) in [7, 11) is -2.05. The Morgan fingerprint density at radius 3 is 2.22 bits per heavy atom. The van der Waals surface area contributed by atoms with Gasteiger partial charge in [-0.15, -0.1) is 0 Å². The number of carbonyl (C=O) groups is 1. The van der Waals surface area contributed by atoms with Crippen LogP contribution in [0.4, 0.5) is 4.79 Å². The summed E-state index contributed by atoms with van der Waals surface area (Å²) in [6, 6.07) is -0.425. The zero-order valence-electron chi connectivity index (χ0n) is 18.7. The highest BCUT2D eigenvalue weighted by Gasteiger charge is 2.44. The molecule has 0 aromatic carbocycles. The summed E-state index contributed by atoms with van der Waals surface area (Å²) in [6.45, 7) is 18.7. The van der Waals surface area contributed by atoms with Crippen LogP contribution in [0.1, 0.15) is 61.3 Å². The van der Waals surface area contributed by atoms with E-state index < -0.39 is 38.3 Å². The first-order chi connectivity index (χ1) is 12.1. The Morgan fingerprint density at radius 2 is 1.78 bits per heavy atom. The lowest BCUT2D eigenvalue weighted by Crippen LogP contribution is -2.57. The van der Waals surface area contributed by atoms with E-state index in [-0.39, 0.29) is 17.6 Å². The van der Waals surface area contributed by atoms with E-state index >= 15 is 0 Å². The number of piperidine rings is 1. The van der Waals surface area contributed by atoms with E-state index in [1.807, 2.05) is 27.7 Å². The van der Waals surface area contributed by atoms with Crippen LogP contribution in [0.15, 0.2) is 0 Å². The van der Waals surface area contributed by atoms with Gasteiger partial charge in [-0.05, 0) is 64.6 Å². The molecule has 160 valence electrons. The molecule has 0 aliphatic carbocycles. The van der Waals surface area contributed by atoms with Crippen molar-refractivity contribution < 1.29 is 24.2 Å². The molecule has 1 fully saturated rings. The lowest BCUT2D eigenvalue weighted by Gasteiger charge is -2.45. The average molecular weight is 404 g/mol. The fourth-order valence-corrected chi connectivity index (χ4v) is 4.56. The lowest BCUT2D eigenvalue weighted by atomic mass is 9.87. The number of aliphatic hydroxyl groups is 2. The Balaban J connectivity index is 2.97. The smallest absolute Gasteiger partial charge is 0.410 e. The summed E-state index contributed by atoms with van der Waals surface area (Å²) in [6.07, 6.45) is -0.403. The molecule has 1 aliphatic rings. The predicted molar refractivity (Wildman–Crippen MR) is 110 cm³/mol. The molecule has 7 heteroatoms. The van der Waals surface area contributed by atoms with Crippen LogP contribution in [0.25, 0.3) is 0 Å². The van der Waals surface area contributed by atoms with Crippen molar-refractivity contribution in [1.29, 1.82) is 0 Å². The molecular weight excluding hydrogens is 362 g/mol. The monoisotopic (exact) mass is 403 g/mol. The Bertz CT molecular complexity index is 498. The molecule has 0 saturated carbocycles. The number of rotatable bonds is 5. The van der Waals surface area contributed by atoms with Crippen LogP contribution in [0.5, 0.6) is 0 Å². The molecule has 0 aromatic heterocycles. The molecule has 27 heavy (non-hydrogen) atoms. The number of likely N-dealkylation sites (tertiary alicyclic amines) is 1. The van der Waals surface area contributed by atoms with Crippen molar-refractivity contribution in [3.05, 3.63) is 0 Å². The van der Waals surface area contributed by atoms with Gasteiger partial charge in [0.05, 0.1) is 18.2 Å². The zero-order chi connectivity index (χ0) is 21.2. The quantitative estimate of drug-likeness (QED) is 0.683. The third kappa shape index (κ3) is 6.73. The number of hydrogen-bond donors (Lipinski definition) is 2. The number of amides is 1. The molecule has 1 aliphatic heterocycles. The molecule has 0 radical (unpaired) electrons. The van der Waals surface area contributed by atoms with Gasteiger partial charge in [0.15, 0.2) is 8.32 Å². The Hall–Kier alpha value is -0.633. The summed E-state index contributed by atoms with van der Waals surface area (Å²) < 4.78 is 11.9. The van der Waals surface area contributed by atoms with Gasteiger partial charge in [-0.1, -0.05) is 20.8 Å². The van der Waals surface area contributed by atoms with Crippen molar-refractivity contribution >= 4 is 14.4 Å². The van der Waals surface area contributed by atoms with E-state index in [0.717, 1.165) is 0 Å². The van der Waals surface area contributed by atoms with Crippen LogP contribution in [0, 0.1) is 5.92 Å². The van der Waals surface area contributed by atoms with Gasteiger partial charge in [0.2, 0.25) is 0 Å². The zero-order valence-corrected chi connectivity index (χ0v) is 19.7. The highest BCUT2D eigenvalue weighted by molar-refractivity contribution is 6.74. The molecule has 1 saturated heterocycles. The summed E-state index contributed by atoms with van der Waals surface area (Å²) in [5.74, 6) is 0.0726. The van der Waals surface area contributed by atoms with Gasteiger partial charge in [-0.3, -0.25) is 0 Å². The molecule has 1 rings (SSSR count). The maximum absolute atomic E-state index is 12.7. The molecule has 6 nitrogen and oxygen atoms in total. The Morgan fingerprint density at radius 1 is 1.22 bits per heavy atom. The largest absolute Gasteiger partial charge is 0.444 e. The van der Waals surface area contributed by atoms with Crippen LogP contribution >= 0.6 is 0 Å². The van der Waals surface area contributed by atoms with Crippen LogP contribution in [0.2, 0.25) is 18.1 Å². The second-order valence-corrected chi connectivity index (χ2v) is 15.1. The van der Waals surface area contributed by atoms with Crippen molar-refractivity contribution in [1.82, 2.24) is 4.90 Å². The fourth-order valence-electron chi connectivity index (χ4n) is 3.14. The van der Waals surface area contributed by atoms with E-state index in [1.54, 1.807) is 4.90 Å². The molecular formula is C20H41NO5Si. The summed E-state index contributed by atoms with van der Waals surface area (Å²) in [4.78, 5) is 14.3. The third-order valence-corrected chi connectivity index (χ3v) is 10.4. The number of carbonyl (C=O) groups excluding carboxylic acids is 1. The predicted octanol–water partition coefficient (Wildman–Crippen LogP) is 3.77. The maximum Gasteiger partial charge on any atom is 0.410 e. The molecule has 2 N–H and O–H groups in total. The van der Waals surface area contributed by atoms with Gasteiger partial charge in [-0.25, -0.2) is 4.79 Å². The third-order valence-electron chi connectivity index (χ3n) is 5.80. The molecule has 4 atom stereocenters. The van der Waals surface area contributed by atoms with Crippen LogP contribution in [0.3, 0.4) is 0 Å². The van der Waals surface area contributed by atoms with E-state index in [0.29, 0.717) is 19.4 Å². The van der Waals surface area contributed by atoms with Crippen molar-refractivity contribution in [3.8, 4) is 0 Å². The summed E-state index contributed by atoms with van der Waals surface area (Å²) >= 11 is 0. The van der Waals surface area contributed by atoms with E-state index in [4.69, 9.17) is 9.16 Å². The Labute approximate surface area is 166 Å². The molecule has 0 bridgehead atoms. The van der Waals surface area contributed by atoms with Gasteiger partial charge < -0.3 is 24.3 Å². The first kappa shape index (κ1) is 24.4. The normalized spacial score (nSPS) is 24.5. The number of nitrogens with zero attached hydrogens (tertiary/aromatic N) is 1. The minimum Gasteiger partial charge on any atom is -0.444 e. The lowest BCUT2D eigenvalue weighted by molar-refractivity contribution is -0.0593. The summed E-state index contributed by atoms with van der Waals surface area (Å²) in [5.41, 5.74) is -0.594. The average Bonchev–Trinajstić information content (AvgIpc) is 2.50. The first-order valence-electron chi connectivity index (χ1n) is 10.1. The topological polar surface area (TPSA) is 79.2 Å². The van der Waals surface area contributed by atoms with E-state index in [9.17, 15) is 15.0 Å². The molecule has 0 spiro atoms. The number of aliphatic hydroxyl groups excluding tert-OH is 2. The second-order valence-electron chi connectivity index (χ2n) is 10.4. The van der Waals surface area contributed by atoms with Gasteiger partial charge in [0.1, 0.15) is 5.60 Å². The summed E-state index contributed by atoms with van der Waals surface area (Å²) in [5, 5.41) is 20.7. The minimum atomic E-state index is -2.05. The highest BCUT2D eigenvalue weighted by atomic mass is 28.4. The van der Waals surface area contributed by atoms with Crippen molar-refractivity contribution in [3.63, 3.8) is 0 Å². The van der Waals surface area contributed by atoms with Crippen LogP contribution in [-0.4, -0.2) is 66.5 Å². The number of ether oxygens (including phenoxy) is 1. The van der Waals surface area contributed by atoms with Gasteiger partial charge in [-0.2, -0.15) is 0 Å². The second kappa shape index (κ2) is 8.80. The molecule has 4 unspecified atom stereocenters. The molecule has 1 heterocycles. The van der Waals surface area contributed by atoms with E-state index in [1.165, 1.54) is 0 Å². The van der Waals surface area contributed by atoms with Gasteiger partial charge in [0, 0.05) is 13.2 Å². The SMILES string of the molecule is CC(O[Si](C)(C)C(C)(C)C)C(O)C1CC(CO)CCN1C(=O)OC(C)(C)C. The first-order valence-corrected chi connectivity index (χ1v) is 13.0.